The molecular formula is C13H17N3O2S. The van der Waals surface area contributed by atoms with Crippen LogP contribution in [0.3, 0.4) is 0 Å². The molecule has 1 N–H and O–H groups in total. The van der Waals surface area contributed by atoms with Crippen molar-refractivity contribution in [2.24, 2.45) is 0 Å². The predicted molar refractivity (Wildman–Crippen MR) is 72.0 cm³/mol. The van der Waals surface area contributed by atoms with Crippen LogP contribution in [0.5, 0.6) is 0 Å². The van der Waals surface area contributed by atoms with Crippen LogP contribution in [0.4, 0.5) is 0 Å². The summed E-state index contributed by atoms with van der Waals surface area (Å²) in [5.74, 6) is 0. The van der Waals surface area contributed by atoms with E-state index in [2.05, 4.69) is 5.32 Å². The van der Waals surface area contributed by atoms with Gasteiger partial charge < -0.3 is 5.32 Å². The Kier molecular flexibility index (Phi) is 4.53. The topological polar surface area (TPSA) is 73.2 Å². The molecule has 0 aromatic heterocycles. The highest BCUT2D eigenvalue weighted by Gasteiger charge is 2.24. The van der Waals surface area contributed by atoms with Crippen LogP contribution in [0, 0.1) is 11.3 Å². The monoisotopic (exact) mass is 279 g/mol. The fourth-order valence-corrected chi connectivity index (χ4v) is 3.56. The highest BCUT2D eigenvalue weighted by atomic mass is 32.2. The molecule has 0 saturated carbocycles. The van der Waals surface area contributed by atoms with Crippen molar-refractivity contribution in [1.29, 1.82) is 5.26 Å². The van der Waals surface area contributed by atoms with Gasteiger partial charge in [0.15, 0.2) is 0 Å². The Morgan fingerprint density at radius 3 is 2.63 bits per heavy atom. The zero-order chi connectivity index (χ0) is 13.7. The van der Waals surface area contributed by atoms with Crippen molar-refractivity contribution in [1.82, 2.24) is 9.62 Å². The van der Waals surface area contributed by atoms with Gasteiger partial charge in [-0.15, -0.1) is 0 Å². The average molecular weight is 279 g/mol. The van der Waals surface area contributed by atoms with E-state index in [4.69, 9.17) is 5.26 Å². The first-order valence-electron chi connectivity index (χ1n) is 6.31. The number of nitriles is 1. The van der Waals surface area contributed by atoms with E-state index in [0.29, 0.717) is 31.0 Å². The van der Waals surface area contributed by atoms with Gasteiger partial charge in [0, 0.05) is 19.6 Å². The standard InChI is InChI=1S/C13H17N3O2S/c14-7-6-12-2-4-13(5-3-12)19(17,18)16-10-1-8-15-9-11-16/h2-5,15H,1,6,8-11H2. The molecule has 0 amide bonds. The van der Waals surface area contributed by atoms with Crippen molar-refractivity contribution >= 4 is 10.0 Å². The van der Waals surface area contributed by atoms with Crippen LogP contribution in [-0.2, 0) is 16.4 Å². The number of benzene rings is 1. The number of nitrogens with zero attached hydrogens (tertiary/aromatic N) is 2. The highest BCUT2D eigenvalue weighted by Crippen LogP contribution is 2.17. The zero-order valence-corrected chi connectivity index (χ0v) is 11.5. The molecule has 1 fully saturated rings. The Morgan fingerprint density at radius 2 is 1.95 bits per heavy atom. The van der Waals surface area contributed by atoms with Gasteiger partial charge in [0.2, 0.25) is 10.0 Å². The van der Waals surface area contributed by atoms with Crippen molar-refractivity contribution in [2.45, 2.75) is 17.7 Å². The lowest BCUT2D eigenvalue weighted by molar-refractivity contribution is 0.432. The molecule has 0 unspecified atom stereocenters. The summed E-state index contributed by atoms with van der Waals surface area (Å²) in [6, 6.07) is 8.61. The largest absolute Gasteiger partial charge is 0.315 e. The summed E-state index contributed by atoms with van der Waals surface area (Å²) < 4.78 is 26.4. The van der Waals surface area contributed by atoms with Crippen LogP contribution in [0.25, 0.3) is 0 Å². The van der Waals surface area contributed by atoms with Crippen molar-refractivity contribution in [2.75, 3.05) is 26.2 Å². The first-order valence-corrected chi connectivity index (χ1v) is 7.75. The van der Waals surface area contributed by atoms with Crippen molar-refractivity contribution < 1.29 is 8.42 Å². The second kappa shape index (κ2) is 6.15. The van der Waals surface area contributed by atoms with Gasteiger partial charge in [-0.05, 0) is 30.7 Å². The van der Waals surface area contributed by atoms with Crippen LogP contribution >= 0.6 is 0 Å². The van der Waals surface area contributed by atoms with Gasteiger partial charge in [-0.1, -0.05) is 12.1 Å². The lowest BCUT2D eigenvalue weighted by Crippen LogP contribution is -2.34. The van der Waals surface area contributed by atoms with Crippen LogP contribution in [0.15, 0.2) is 29.2 Å². The van der Waals surface area contributed by atoms with E-state index in [1.54, 1.807) is 24.3 Å². The molecule has 1 aliphatic rings. The Balaban J connectivity index is 2.20. The third kappa shape index (κ3) is 3.32. The molecule has 5 nitrogen and oxygen atoms in total. The fourth-order valence-electron chi connectivity index (χ4n) is 2.08. The van der Waals surface area contributed by atoms with E-state index in [0.717, 1.165) is 18.5 Å². The lowest BCUT2D eigenvalue weighted by atomic mass is 10.2. The SMILES string of the molecule is N#CCc1ccc(S(=O)(=O)N2CCCNCC2)cc1. The Bertz CT molecular complexity index is 553. The molecule has 0 bridgehead atoms. The molecule has 1 heterocycles. The Morgan fingerprint density at radius 1 is 1.21 bits per heavy atom. The van der Waals surface area contributed by atoms with Gasteiger partial charge in [-0.25, -0.2) is 8.42 Å². The molecular weight excluding hydrogens is 262 g/mol. The van der Waals surface area contributed by atoms with Crippen molar-refractivity contribution in [3.05, 3.63) is 29.8 Å². The maximum absolute atomic E-state index is 12.4. The molecule has 102 valence electrons. The van der Waals surface area contributed by atoms with Crippen LogP contribution in [-0.4, -0.2) is 38.9 Å². The molecule has 0 radical (unpaired) electrons. The molecule has 0 atom stereocenters. The molecule has 0 spiro atoms. The first kappa shape index (κ1) is 14.0. The Hall–Kier alpha value is -1.42. The van der Waals surface area contributed by atoms with E-state index in [-0.39, 0.29) is 0 Å². The summed E-state index contributed by atoms with van der Waals surface area (Å²) in [5.41, 5.74) is 0.832. The molecule has 2 rings (SSSR count). The molecule has 1 aliphatic heterocycles. The van der Waals surface area contributed by atoms with Gasteiger partial charge in [0.05, 0.1) is 17.4 Å². The summed E-state index contributed by atoms with van der Waals surface area (Å²) in [6.07, 6.45) is 1.12. The second-order valence-electron chi connectivity index (χ2n) is 4.49. The summed E-state index contributed by atoms with van der Waals surface area (Å²) in [7, 11) is -3.41. The van der Waals surface area contributed by atoms with E-state index in [9.17, 15) is 8.42 Å². The third-order valence-electron chi connectivity index (χ3n) is 3.14. The maximum Gasteiger partial charge on any atom is 0.243 e. The van der Waals surface area contributed by atoms with E-state index in [1.165, 1.54) is 4.31 Å². The lowest BCUT2D eigenvalue weighted by Gasteiger charge is -2.19. The summed E-state index contributed by atoms with van der Waals surface area (Å²) in [6.45, 7) is 2.59. The Labute approximate surface area is 113 Å². The van der Waals surface area contributed by atoms with Crippen molar-refractivity contribution in [3.63, 3.8) is 0 Å². The molecule has 1 aromatic rings. The third-order valence-corrected chi connectivity index (χ3v) is 5.06. The highest BCUT2D eigenvalue weighted by molar-refractivity contribution is 7.89. The summed E-state index contributed by atoms with van der Waals surface area (Å²) in [5, 5.41) is 11.8. The zero-order valence-electron chi connectivity index (χ0n) is 10.7. The average Bonchev–Trinajstić information content (AvgIpc) is 2.69. The van der Waals surface area contributed by atoms with Gasteiger partial charge in [0.1, 0.15) is 0 Å². The fraction of sp³-hybridized carbons (Fsp3) is 0.462. The van der Waals surface area contributed by atoms with Crippen LogP contribution in [0.2, 0.25) is 0 Å². The van der Waals surface area contributed by atoms with Gasteiger partial charge in [-0.3, -0.25) is 0 Å². The van der Waals surface area contributed by atoms with Crippen LogP contribution < -0.4 is 5.32 Å². The van der Waals surface area contributed by atoms with E-state index >= 15 is 0 Å². The second-order valence-corrected chi connectivity index (χ2v) is 6.42. The van der Waals surface area contributed by atoms with E-state index in [1.807, 2.05) is 6.07 Å². The first-order chi connectivity index (χ1) is 9.14. The molecule has 1 aromatic carbocycles. The maximum atomic E-state index is 12.4. The number of sulfonamides is 1. The summed E-state index contributed by atoms with van der Waals surface area (Å²) in [4.78, 5) is 0.302. The normalized spacial score (nSPS) is 17.6. The van der Waals surface area contributed by atoms with Gasteiger partial charge in [-0.2, -0.15) is 9.57 Å². The molecule has 1 saturated heterocycles. The molecule has 19 heavy (non-hydrogen) atoms. The number of rotatable bonds is 3. The number of hydrogen-bond donors (Lipinski definition) is 1. The van der Waals surface area contributed by atoms with E-state index < -0.39 is 10.0 Å². The van der Waals surface area contributed by atoms with Crippen molar-refractivity contribution in [3.8, 4) is 6.07 Å². The summed E-state index contributed by atoms with van der Waals surface area (Å²) >= 11 is 0. The van der Waals surface area contributed by atoms with Gasteiger partial charge >= 0.3 is 0 Å². The number of hydrogen-bond acceptors (Lipinski definition) is 4. The minimum Gasteiger partial charge on any atom is -0.315 e. The van der Waals surface area contributed by atoms with Gasteiger partial charge in [0.25, 0.3) is 0 Å². The smallest absolute Gasteiger partial charge is 0.243 e. The predicted octanol–water partition coefficient (Wildman–Crippen LogP) is 0.737. The molecule has 6 heteroatoms. The quantitative estimate of drug-likeness (QED) is 0.885. The van der Waals surface area contributed by atoms with Crippen LogP contribution in [0.1, 0.15) is 12.0 Å². The molecule has 0 aliphatic carbocycles. The minimum absolute atomic E-state index is 0.300. The minimum atomic E-state index is -3.41. The number of nitrogens with one attached hydrogen (secondary N) is 1.